The van der Waals surface area contributed by atoms with Gasteiger partial charge in [-0.2, -0.15) is 18.2 Å². The zero-order valence-corrected chi connectivity index (χ0v) is 25.1. The molecule has 0 N–H and O–H groups in total. The maximum Gasteiger partial charge on any atom is 0.430 e. The van der Waals surface area contributed by atoms with Crippen molar-refractivity contribution in [1.82, 2.24) is 10.0 Å². The molecule has 0 heterocycles. The van der Waals surface area contributed by atoms with Crippen molar-refractivity contribution in [3.8, 4) is 5.75 Å². The number of ether oxygens (including phenoxy) is 2. The van der Waals surface area contributed by atoms with Crippen molar-refractivity contribution in [1.29, 1.82) is 0 Å². The molecule has 3 rings (SSSR count). The van der Waals surface area contributed by atoms with Gasteiger partial charge in [0.05, 0.1) is 23.2 Å². The molecular formula is C31H32ClF3N2O5. The van der Waals surface area contributed by atoms with E-state index < -0.39 is 46.8 Å². The van der Waals surface area contributed by atoms with Gasteiger partial charge in [0.25, 0.3) is 11.8 Å². The minimum Gasteiger partial charge on any atom is -0.496 e. The third kappa shape index (κ3) is 7.05. The summed E-state index contributed by atoms with van der Waals surface area (Å²) in [7, 11) is 1.43. The number of carbonyl (C=O) groups is 3. The van der Waals surface area contributed by atoms with Gasteiger partial charge in [-0.1, -0.05) is 47.0 Å². The average molecular weight is 605 g/mol. The number of hydrogen-bond donors (Lipinski definition) is 0. The van der Waals surface area contributed by atoms with E-state index in [9.17, 15) is 27.6 Å². The summed E-state index contributed by atoms with van der Waals surface area (Å²) in [4.78, 5) is 41.9. The fraction of sp³-hybridized carbons (Fsp3) is 0.323. The molecule has 3 amide bonds. The van der Waals surface area contributed by atoms with Gasteiger partial charge in [0, 0.05) is 22.3 Å². The monoisotopic (exact) mass is 604 g/mol. The van der Waals surface area contributed by atoms with Crippen LogP contribution in [-0.2, 0) is 17.5 Å². The molecular weight excluding hydrogens is 573 g/mol. The van der Waals surface area contributed by atoms with Crippen molar-refractivity contribution >= 4 is 29.5 Å². The molecule has 0 atom stereocenters. The molecule has 0 saturated carbocycles. The second kappa shape index (κ2) is 12.4. The normalized spacial score (nSPS) is 11.6. The highest BCUT2D eigenvalue weighted by molar-refractivity contribution is 6.31. The van der Waals surface area contributed by atoms with Gasteiger partial charge in [-0.05, 0) is 71.9 Å². The van der Waals surface area contributed by atoms with Crippen LogP contribution in [0.1, 0.15) is 69.3 Å². The largest absolute Gasteiger partial charge is 0.496 e. The predicted molar refractivity (Wildman–Crippen MR) is 152 cm³/mol. The van der Waals surface area contributed by atoms with Crippen molar-refractivity contribution in [3.05, 3.63) is 98.6 Å². The van der Waals surface area contributed by atoms with E-state index in [-0.39, 0.29) is 16.7 Å². The van der Waals surface area contributed by atoms with Crippen molar-refractivity contribution in [2.45, 2.75) is 59.9 Å². The molecule has 11 heteroatoms. The zero-order valence-electron chi connectivity index (χ0n) is 24.4. The molecule has 3 aromatic carbocycles. The lowest BCUT2D eigenvalue weighted by atomic mass is 10.0. The van der Waals surface area contributed by atoms with Crippen LogP contribution in [0.2, 0.25) is 5.02 Å². The highest BCUT2D eigenvalue weighted by Gasteiger charge is 2.42. The van der Waals surface area contributed by atoms with Gasteiger partial charge >= 0.3 is 12.3 Å². The first-order chi connectivity index (χ1) is 19.5. The highest BCUT2D eigenvalue weighted by atomic mass is 35.5. The number of carbonyl (C=O) groups excluding carboxylic acids is 3. The Morgan fingerprint density at radius 2 is 1.48 bits per heavy atom. The van der Waals surface area contributed by atoms with Crippen LogP contribution in [0.25, 0.3) is 0 Å². The van der Waals surface area contributed by atoms with Crippen molar-refractivity contribution in [2.75, 3.05) is 7.11 Å². The van der Waals surface area contributed by atoms with Gasteiger partial charge in [-0.3, -0.25) is 9.59 Å². The van der Waals surface area contributed by atoms with Crippen LogP contribution in [0, 0.1) is 20.8 Å². The number of amides is 3. The summed E-state index contributed by atoms with van der Waals surface area (Å²) in [6.07, 6.45) is -6.03. The van der Waals surface area contributed by atoms with Crippen molar-refractivity contribution in [2.24, 2.45) is 0 Å². The Bertz CT molecular complexity index is 1500. The van der Waals surface area contributed by atoms with Gasteiger partial charge in [-0.25, -0.2) is 9.80 Å². The second-order valence-corrected chi connectivity index (χ2v) is 11.1. The summed E-state index contributed by atoms with van der Waals surface area (Å²) < 4.78 is 51.8. The van der Waals surface area contributed by atoms with Crippen LogP contribution in [0.3, 0.4) is 0 Å². The van der Waals surface area contributed by atoms with Gasteiger partial charge in [0.1, 0.15) is 12.4 Å². The Balaban J connectivity index is 2.15. The molecule has 0 spiro atoms. The zero-order chi connectivity index (χ0) is 31.6. The molecule has 42 heavy (non-hydrogen) atoms. The number of halogens is 4. The number of benzene rings is 3. The third-order valence-corrected chi connectivity index (χ3v) is 6.65. The van der Waals surface area contributed by atoms with E-state index in [0.717, 1.165) is 28.3 Å². The Labute approximate surface area is 247 Å². The number of nitrogens with zero attached hydrogens (tertiary/aromatic N) is 2. The van der Waals surface area contributed by atoms with E-state index in [2.05, 4.69) is 0 Å². The van der Waals surface area contributed by atoms with Crippen LogP contribution >= 0.6 is 11.6 Å². The number of hydrazine groups is 1. The molecule has 224 valence electrons. The summed E-state index contributed by atoms with van der Waals surface area (Å²) >= 11 is 5.82. The molecule has 0 radical (unpaired) electrons. The first kappa shape index (κ1) is 32.5. The lowest BCUT2D eigenvalue weighted by Crippen LogP contribution is -2.60. The molecule has 0 aromatic heterocycles. The topological polar surface area (TPSA) is 76.2 Å². The van der Waals surface area contributed by atoms with Crippen molar-refractivity contribution in [3.63, 3.8) is 0 Å². The van der Waals surface area contributed by atoms with Gasteiger partial charge in [-0.15, -0.1) is 0 Å². The first-order valence-electron chi connectivity index (χ1n) is 12.9. The Morgan fingerprint density at radius 1 is 0.881 bits per heavy atom. The van der Waals surface area contributed by atoms with E-state index in [4.69, 9.17) is 21.1 Å². The molecule has 0 bridgehead atoms. The average Bonchev–Trinajstić information content (AvgIpc) is 2.87. The second-order valence-electron chi connectivity index (χ2n) is 10.7. The molecule has 0 fully saturated rings. The van der Waals surface area contributed by atoms with Gasteiger partial charge < -0.3 is 9.47 Å². The van der Waals surface area contributed by atoms with E-state index in [0.29, 0.717) is 16.3 Å². The fourth-order valence-corrected chi connectivity index (χ4v) is 4.84. The Hall–Kier alpha value is -4.05. The molecule has 0 saturated heterocycles. The van der Waals surface area contributed by atoms with Crippen LogP contribution in [0.5, 0.6) is 5.75 Å². The summed E-state index contributed by atoms with van der Waals surface area (Å²) in [6.45, 7) is 9.04. The standard InChI is InChI=1S/C31H32ClF3N2O5/c1-18-14-19(2)16-22(15-18)27(38)36(28(39)23-11-9-13-25(41-7)20(23)3)37(30(4,5)6)29(40)42-17-21-10-8-12-24(32)26(21)31(33,34)35/h8-16H,17H2,1-7H3. The van der Waals surface area contributed by atoms with Crippen LogP contribution in [0.15, 0.2) is 54.6 Å². The lowest BCUT2D eigenvalue weighted by molar-refractivity contribution is -0.138. The molecule has 0 aliphatic rings. The van der Waals surface area contributed by atoms with Crippen molar-refractivity contribution < 1.29 is 37.0 Å². The third-order valence-electron chi connectivity index (χ3n) is 6.33. The molecule has 3 aromatic rings. The summed E-state index contributed by atoms with van der Waals surface area (Å²) in [5.41, 5.74) is -0.690. The lowest BCUT2D eigenvalue weighted by Gasteiger charge is -2.41. The maximum atomic E-state index is 14.1. The number of aryl methyl sites for hydroxylation is 2. The smallest absolute Gasteiger partial charge is 0.430 e. The van der Waals surface area contributed by atoms with Crippen LogP contribution < -0.4 is 4.74 Å². The number of alkyl halides is 3. The summed E-state index contributed by atoms with van der Waals surface area (Å²) in [5.74, 6) is -1.31. The maximum absolute atomic E-state index is 14.1. The molecule has 0 unspecified atom stereocenters. The predicted octanol–water partition coefficient (Wildman–Crippen LogP) is 7.93. The van der Waals surface area contributed by atoms with E-state index >= 15 is 0 Å². The van der Waals surface area contributed by atoms with Gasteiger partial charge in [0.2, 0.25) is 0 Å². The number of rotatable bonds is 5. The highest BCUT2D eigenvalue weighted by Crippen LogP contribution is 2.37. The number of hydrogen-bond acceptors (Lipinski definition) is 5. The number of imide groups is 1. The van der Waals surface area contributed by atoms with E-state index in [1.807, 2.05) is 6.07 Å². The van der Waals surface area contributed by atoms with Crippen LogP contribution in [0.4, 0.5) is 18.0 Å². The summed E-state index contributed by atoms with van der Waals surface area (Å²) in [5, 5.41) is 0.923. The minimum atomic E-state index is -4.81. The molecule has 0 aliphatic carbocycles. The molecule has 7 nitrogen and oxygen atoms in total. The Morgan fingerprint density at radius 3 is 2.02 bits per heavy atom. The molecule has 0 aliphatic heterocycles. The van der Waals surface area contributed by atoms with Gasteiger partial charge in [0.15, 0.2) is 0 Å². The SMILES string of the molecule is COc1cccc(C(=O)N(C(=O)c2cc(C)cc(C)c2)N(C(=O)OCc2cccc(Cl)c2C(F)(F)F)C(C)(C)C)c1C. The first-order valence-corrected chi connectivity index (χ1v) is 13.3. The van der Waals surface area contributed by atoms with E-state index in [1.54, 1.807) is 65.8 Å². The minimum absolute atomic E-state index is 0.0725. The summed E-state index contributed by atoms with van der Waals surface area (Å²) in [6, 6.07) is 13.2. The van der Waals surface area contributed by atoms with E-state index in [1.165, 1.54) is 19.2 Å². The van der Waals surface area contributed by atoms with Crippen LogP contribution in [-0.4, -0.2) is 40.6 Å². The number of methoxy groups -OCH3 is 1. The quantitative estimate of drug-likeness (QED) is 0.218. The Kier molecular flexibility index (Phi) is 9.62. The fourth-order valence-electron chi connectivity index (χ4n) is 4.54.